The molecular weight excluding hydrogens is 431 g/mol. The van der Waals surface area contributed by atoms with E-state index in [0.29, 0.717) is 5.02 Å². The Morgan fingerprint density at radius 3 is 2.13 bits per heavy atom. The highest BCUT2D eigenvalue weighted by Crippen LogP contribution is 2.58. The van der Waals surface area contributed by atoms with E-state index < -0.39 is 0 Å². The predicted molar refractivity (Wildman–Crippen MR) is 126 cm³/mol. The van der Waals surface area contributed by atoms with Gasteiger partial charge in [-0.2, -0.15) is 5.10 Å². The minimum absolute atomic E-state index is 0.0979. The molecule has 0 N–H and O–H groups in total. The SMILES string of the molecule is O=c1c(Cl)c(N2CCN(c3cccc(Cl)c3)CC2)cnn1C12CC3CC(CC(C3)C1)C2. The van der Waals surface area contributed by atoms with E-state index in [1.54, 1.807) is 4.68 Å². The Bertz CT molecular complexity index is 1020. The molecular formula is C24H28Cl2N4O. The van der Waals surface area contributed by atoms with E-state index >= 15 is 0 Å². The van der Waals surface area contributed by atoms with Crippen molar-refractivity contribution in [3.63, 3.8) is 0 Å². The first-order chi connectivity index (χ1) is 15.0. The Labute approximate surface area is 192 Å². The number of piperazine rings is 1. The minimum Gasteiger partial charge on any atom is -0.368 e. The van der Waals surface area contributed by atoms with E-state index in [1.807, 2.05) is 24.4 Å². The van der Waals surface area contributed by atoms with E-state index in [2.05, 4.69) is 15.9 Å². The van der Waals surface area contributed by atoms with Crippen LogP contribution < -0.4 is 15.4 Å². The van der Waals surface area contributed by atoms with Crippen molar-refractivity contribution in [3.8, 4) is 0 Å². The van der Waals surface area contributed by atoms with E-state index in [-0.39, 0.29) is 11.1 Å². The molecule has 0 unspecified atom stereocenters. The van der Waals surface area contributed by atoms with Gasteiger partial charge >= 0.3 is 0 Å². The number of anilines is 2. The topological polar surface area (TPSA) is 41.4 Å². The lowest BCUT2D eigenvalue weighted by Gasteiger charge is -2.56. The average Bonchev–Trinajstić information content (AvgIpc) is 2.75. The highest BCUT2D eigenvalue weighted by molar-refractivity contribution is 6.33. The van der Waals surface area contributed by atoms with E-state index in [1.165, 1.54) is 19.3 Å². The average molecular weight is 459 g/mol. The van der Waals surface area contributed by atoms with E-state index in [0.717, 1.165) is 79.6 Å². The molecule has 31 heavy (non-hydrogen) atoms. The first-order valence-corrected chi connectivity index (χ1v) is 12.3. The molecule has 164 valence electrons. The van der Waals surface area contributed by atoms with Crippen LogP contribution in [0.25, 0.3) is 0 Å². The predicted octanol–water partition coefficient (Wildman–Crippen LogP) is 4.80. The zero-order valence-corrected chi connectivity index (χ0v) is 19.2. The van der Waals surface area contributed by atoms with Crippen LogP contribution in [0.3, 0.4) is 0 Å². The number of benzene rings is 1. The fourth-order valence-corrected chi connectivity index (χ4v) is 7.62. The van der Waals surface area contributed by atoms with E-state index in [9.17, 15) is 4.79 Å². The molecule has 7 heteroatoms. The van der Waals surface area contributed by atoms with Gasteiger partial charge in [0.15, 0.2) is 0 Å². The highest BCUT2D eigenvalue weighted by Gasteiger charge is 2.53. The van der Waals surface area contributed by atoms with Crippen molar-refractivity contribution in [2.75, 3.05) is 36.0 Å². The van der Waals surface area contributed by atoms with Crippen LogP contribution in [-0.4, -0.2) is 36.0 Å². The summed E-state index contributed by atoms with van der Waals surface area (Å²) in [5.74, 6) is 2.29. The number of halogens is 2. The van der Waals surface area contributed by atoms with Crippen LogP contribution in [0.5, 0.6) is 0 Å². The molecule has 5 fully saturated rings. The molecule has 1 aromatic heterocycles. The van der Waals surface area contributed by atoms with Crippen LogP contribution in [0.1, 0.15) is 38.5 Å². The highest BCUT2D eigenvalue weighted by atomic mass is 35.5. The van der Waals surface area contributed by atoms with Crippen molar-refractivity contribution < 1.29 is 0 Å². The third-order valence-corrected chi connectivity index (χ3v) is 8.74. The minimum atomic E-state index is -0.0987. The first-order valence-electron chi connectivity index (χ1n) is 11.5. The van der Waals surface area contributed by atoms with Gasteiger partial charge in [-0.3, -0.25) is 4.79 Å². The summed E-state index contributed by atoms with van der Waals surface area (Å²) in [5.41, 5.74) is 1.71. The first kappa shape index (κ1) is 19.9. The third kappa shape index (κ3) is 3.36. The van der Waals surface area contributed by atoms with Gasteiger partial charge < -0.3 is 9.80 Å². The van der Waals surface area contributed by atoms with Crippen LogP contribution >= 0.6 is 23.2 Å². The summed E-state index contributed by atoms with van der Waals surface area (Å²) in [6, 6.07) is 7.96. The second-order valence-corrected chi connectivity index (χ2v) is 11.0. The van der Waals surface area contributed by atoms with Crippen molar-refractivity contribution in [2.45, 2.75) is 44.1 Å². The van der Waals surface area contributed by atoms with Crippen molar-refractivity contribution in [1.29, 1.82) is 0 Å². The molecule has 0 radical (unpaired) electrons. The van der Waals surface area contributed by atoms with Gasteiger partial charge in [-0.25, -0.2) is 4.68 Å². The number of hydrogen-bond acceptors (Lipinski definition) is 4. The summed E-state index contributed by atoms with van der Waals surface area (Å²) in [4.78, 5) is 17.9. The molecule has 0 amide bonds. The fourth-order valence-electron chi connectivity index (χ4n) is 7.19. The maximum absolute atomic E-state index is 13.4. The quantitative estimate of drug-likeness (QED) is 0.661. The summed E-state index contributed by atoms with van der Waals surface area (Å²) in [6.45, 7) is 3.31. The zero-order valence-electron chi connectivity index (χ0n) is 17.6. The van der Waals surface area contributed by atoms with Gasteiger partial charge in [-0.15, -0.1) is 0 Å². The number of hydrogen-bond donors (Lipinski definition) is 0. The molecule has 4 bridgehead atoms. The van der Waals surface area contributed by atoms with E-state index in [4.69, 9.17) is 28.3 Å². The lowest BCUT2D eigenvalue weighted by atomic mass is 9.53. The Hall–Kier alpha value is -1.72. The van der Waals surface area contributed by atoms with Gasteiger partial charge in [0, 0.05) is 36.9 Å². The molecule has 2 heterocycles. The van der Waals surface area contributed by atoms with Gasteiger partial charge in [-0.05, 0) is 74.5 Å². The second-order valence-electron chi connectivity index (χ2n) is 10.2. The monoisotopic (exact) mass is 458 g/mol. The lowest BCUT2D eigenvalue weighted by molar-refractivity contribution is -0.0518. The molecule has 4 saturated carbocycles. The van der Waals surface area contributed by atoms with Crippen LogP contribution in [-0.2, 0) is 5.54 Å². The lowest BCUT2D eigenvalue weighted by Crippen LogP contribution is -2.55. The summed E-state index contributed by atoms with van der Waals surface area (Å²) in [6.07, 6.45) is 9.17. The van der Waals surface area contributed by atoms with Crippen LogP contribution in [0.2, 0.25) is 10.0 Å². The number of nitrogens with zero attached hydrogens (tertiary/aromatic N) is 4. The van der Waals surface area contributed by atoms with Crippen LogP contribution in [0.15, 0.2) is 35.3 Å². The molecule has 5 aliphatic rings. The Morgan fingerprint density at radius 1 is 0.903 bits per heavy atom. The third-order valence-electron chi connectivity index (χ3n) is 8.15. The van der Waals surface area contributed by atoms with Gasteiger partial charge in [0.1, 0.15) is 5.02 Å². The molecule has 0 atom stereocenters. The maximum Gasteiger partial charge on any atom is 0.288 e. The molecule has 7 rings (SSSR count). The van der Waals surface area contributed by atoms with Crippen molar-refractivity contribution in [3.05, 3.63) is 50.9 Å². The molecule has 5 nitrogen and oxygen atoms in total. The Morgan fingerprint density at radius 2 is 1.52 bits per heavy atom. The molecule has 1 aliphatic heterocycles. The van der Waals surface area contributed by atoms with Crippen molar-refractivity contribution >= 4 is 34.6 Å². The summed E-state index contributed by atoms with van der Waals surface area (Å²) in [5, 5.41) is 5.83. The molecule has 2 aromatic rings. The standard InChI is InChI=1S/C24H28Cl2N4O/c25-19-2-1-3-20(11-19)28-4-6-29(7-5-28)21-15-27-30(23(31)22(21)26)24-12-16-8-17(13-24)10-18(9-16)14-24/h1-3,11,15-18H,4-10,12-14H2. The second kappa shape index (κ2) is 7.41. The Balaban J connectivity index is 1.23. The zero-order chi connectivity index (χ0) is 21.2. The van der Waals surface area contributed by atoms with Gasteiger partial charge in [-0.1, -0.05) is 29.3 Å². The molecule has 1 saturated heterocycles. The molecule has 0 spiro atoms. The van der Waals surface area contributed by atoms with Crippen molar-refractivity contribution in [1.82, 2.24) is 9.78 Å². The smallest absolute Gasteiger partial charge is 0.288 e. The van der Waals surface area contributed by atoms with Crippen LogP contribution in [0, 0.1) is 17.8 Å². The van der Waals surface area contributed by atoms with Crippen molar-refractivity contribution in [2.24, 2.45) is 17.8 Å². The number of aromatic nitrogens is 2. The summed E-state index contributed by atoms with van der Waals surface area (Å²) in [7, 11) is 0. The summed E-state index contributed by atoms with van der Waals surface area (Å²) >= 11 is 12.9. The summed E-state index contributed by atoms with van der Waals surface area (Å²) < 4.78 is 1.78. The largest absolute Gasteiger partial charge is 0.368 e. The fraction of sp³-hybridized carbons (Fsp3) is 0.583. The normalized spacial score (nSPS) is 32.0. The van der Waals surface area contributed by atoms with Gasteiger partial charge in [0.05, 0.1) is 17.4 Å². The molecule has 4 aliphatic carbocycles. The maximum atomic E-state index is 13.4. The van der Waals surface area contributed by atoms with Crippen LogP contribution in [0.4, 0.5) is 11.4 Å². The number of rotatable bonds is 3. The Kier molecular flexibility index (Phi) is 4.77. The van der Waals surface area contributed by atoms with Gasteiger partial charge in [0.2, 0.25) is 0 Å². The molecule has 1 aromatic carbocycles. The van der Waals surface area contributed by atoms with Gasteiger partial charge in [0.25, 0.3) is 5.56 Å².